The highest BCUT2D eigenvalue weighted by Crippen LogP contribution is 2.31. The number of Topliss-reactive ketones (excluding diaryl/α,β-unsaturated/α-hetero) is 1. The van der Waals surface area contributed by atoms with Crippen LogP contribution in [0.15, 0.2) is 59.5 Å². The standard InChI is InChI=1S/C22H20F3N3O4S/c1-14-19(15(2)28(27-14)17-8-6-7-16(13-17)22(23,24)25)20(29)21(30)26-11-12-33(31,32)18-9-4-3-5-10-18/h3-10,13H,11-12H2,1-2H3,(H,26,30). The Morgan fingerprint density at radius 1 is 1.03 bits per heavy atom. The second-order valence-corrected chi connectivity index (χ2v) is 9.33. The Labute approximate surface area is 188 Å². The summed E-state index contributed by atoms with van der Waals surface area (Å²) in [7, 11) is -3.65. The molecular weight excluding hydrogens is 459 g/mol. The predicted octanol–water partition coefficient (Wildman–Crippen LogP) is 3.28. The zero-order valence-corrected chi connectivity index (χ0v) is 18.5. The van der Waals surface area contributed by atoms with Gasteiger partial charge in [0.25, 0.3) is 11.7 Å². The van der Waals surface area contributed by atoms with E-state index in [0.717, 1.165) is 16.8 Å². The van der Waals surface area contributed by atoms with Gasteiger partial charge in [-0.2, -0.15) is 18.3 Å². The van der Waals surface area contributed by atoms with E-state index in [1.807, 2.05) is 0 Å². The number of nitrogens with one attached hydrogen (secondary N) is 1. The van der Waals surface area contributed by atoms with Crippen molar-refractivity contribution < 1.29 is 31.2 Å². The average Bonchev–Trinajstić information content (AvgIpc) is 3.07. The molecule has 11 heteroatoms. The monoisotopic (exact) mass is 479 g/mol. The molecule has 3 aromatic rings. The molecule has 0 radical (unpaired) electrons. The van der Waals surface area contributed by atoms with Crippen molar-refractivity contribution in [1.29, 1.82) is 0 Å². The fourth-order valence-corrected chi connectivity index (χ4v) is 4.45. The second kappa shape index (κ2) is 9.18. The third-order valence-electron chi connectivity index (χ3n) is 4.90. The van der Waals surface area contributed by atoms with E-state index in [2.05, 4.69) is 10.4 Å². The molecule has 0 aliphatic heterocycles. The summed E-state index contributed by atoms with van der Waals surface area (Å²) in [5.41, 5.74) is -0.515. The Kier molecular flexibility index (Phi) is 6.73. The molecule has 33 heavy (non-hydrogen) atoms. The minimum atomic E-state index is -4.55. The second-order valence-electron chi connectivity index (χ2n) is 7.22. The van der Waals surface area contributed by atoms with Crippen LogP contribution >= 0.6 is 0 Å². The summed E-state index contributed by atoms with van der Waals surface area (Å²) >= 11 is 0. The number of sulfone groups is 1. The summed E-state index contributed by atoms with van der Waals surface area (Å²) in [6.07, 6.45) is -4.55. The van der Waals surface area contributed by atoms with Crippen molar-refractivity contribution in [1.82, 2.24) is 15.1 Å². The third-order valence-corrected chi connectivity index (χ3v) is 6.63. The number of nitrogens with zero attached hydrogens (tertiary/aromatic N) is 2. The summed E-state index contributed by atoms with van der Waals surface area (Å²) in [4.78, 5) is 25.1. The lowest BCUT2D eigenvalue weighted by molar-refractivity contribution is -0.137. The summed E-state index contributed by atoms with van der Waals surface area (Å²) in [6.45, 7) is 2.62. The smallest absolute Gasteiger partial charge is 0.348 e. The van der Waals surface area contributed by atoms with Crippen molar-refractivity contribution in [2.24, 2.45) is 0 Å². The molecule has 0 aliphatic rings. The van der Waals surface area contributed by atoms with Crippen LogP contribution in [0.1, 0.15) is 27.3 Å². The van der Waals surface area contributed by atoms with Gasteiger partial charge in [0, 0.05) is 6.54 Å². The highest BCUT2D eigenvalue weighted by Gasteiger charge is 2.31. The number of amides is 1. The van der Waals surface area contributed by atoms with Gasteiger partial charge in [0.2, 0.25) is 0 Å². The van der Waals surface area contributed by atoms with E-state index in [-0.39, 0.29) is 34.1 Å². The summed E-state index contributed by atoms with van der Waals surface area (Å²) < 4.78 is 64.8. The Balaban J connectivity index is 1.76. The maximum atomic E-state index is 13.0. The van der Waals surface area contributed by atoms with Crippen LogP contribution in [0.25, 0.3) is 5.69 Å². The molecule has 0 unspecified atom stereocenters. The Bertz CT molecular complexity index is 1300. The molecule has 1 heterocycles. The Hall–Kier alpha value is -3.47. The van der Waals surface area contributed by atoms with E-state index in [1.165, 1.54) is 38.1 Å². The van der Waals surface area contributed by atoms with Crippen LogP contribution in [0.2, 0.25) is 0 Å². The first-order chi connectivity index (χ1) is 15.4. The first-order valence-corrected chi connectivity index (χ1v) is 11.4. The van der Waals surface area contributed by atoms with E-state index in [4.69, 9.17) is 0 Å². The van der Waals surface area contributed by atoms with E-state index >= 15 is 0 Å². The van der Waals surface area contributed by atoms with E-state index in [1.54, 1.807) is 18.2 Å². The minimum absolute atomic E-state index is 0.0594. The van der Waals surface area contributed by atoms with Gasteiger partial charge in [-0.05, 0) is 44.2 Å². The molecular formula is C22H20F3N3O4S. The van der Waals surface area contributed by atoms with E-state index in [9.17, 15) is 31.2 Å². The van der Waals surface area contributed by atoms with Crippen LogP contribution in [-0.4, -0.2) is 42.2 Å². The molecule has 1 amide bonds. The number of ketones is 1. The average molecular weight is 479 g/mol. The van der Waals surface area contributed by atoms with Gasteiger partial charge < -0.3 is 5.32 Å². The highest BCUT2D eigenvalue weighted by atomic mass is 32.2. The molecule has 0 atom stereocenters. The zero-order chi connectivity index (χ0) is 24.4. The number of carbonyl (C=O) groups is 2. The van der Waals surface area contributed by atoms with Gasteiger partial charge in [-0.25, -0.2) is 13.1 Å². The molecule has 1 N–H and O–H groups in total. The van der Waals surface area contributed by atoms with Gasteiger partial charge >= 0.3 is 6.18 Å². The molecule has 0 aliphatic carbocycles. The van der Waals surface area contributed by atoms with Gasteiger partial charge in [0.1, 0.15) is 0 Å². The van der Waals surface area contributed by atoms with Crippen LogP contribution < -0.4 is 5.32 Å². The van der Waals surface area contributed by atoms with Crippen LogP contribution in [0.3, 0.4) is 0 Å². The molecule has 0 spiro atoms. The Morgan fingerprint density at radius 3 is 2.33 bits per heavy atom. The third kappa shape index (κ3) is 5.30. The maximum absolute atomic E-state index is 13.0. The number of rotatable bonds is 7. The number of carbonyl (C=O) groups excluding carboxylic acids is 2. The molecule has 0 bridgehead atoms. The van der Waals surface area contributed by atoms with Gasteiger partial charge in [0.05, 0.1) is 38.9 Å². The van der Waals surface area contributed by atoms with Gasteiger partial charge in [-0.3, -0.25) is 9.59 Å². The van der Waals surface area contributed by atoms with Gasteiger partial charge in [-0.1, -0.05) is 24.3 Å². The number of aryl methyl sites for hydroxylation is 1. The van der Waals surface area contributed by atoms with Crippen LogP contribution in [-0.2, 0) is 20.8 Å². The molecule has 7 nitrogen and oxygen atoms in total. The number of halogens is 3. The molecule has 3 rings (SSSR count). The normalized spacial score (nSPS) is 11.9. The lowest BCUT2D eigenvalue weighted by Crippen LogP contribution is -2.35. The fourth-order valence-electron chi connectivity index (χ4n) is 3.28. The highest BCUT2D eigenvalue weighted by molar-refractivity contribution is 7.91. The number of benzene rings is 2. The van der Waals surface area contributed by atoms with Crippen molar-refractivity contribution in [2.75, 3.05) is 12.3 Å². The van der Waals surface area contributed by atoms with E-state index < -0.39 is 39.0 Å². The van der Waals surface area contributed by atoms with Crippen molar-refractivity contribution in [3.8, 4) is 5.69 Å². The number of alkyl halides is 3. The quantitative estimate of drug-likeness (QED) is 0.414. The topological polar surface area (TPSA) is 98.1 Å². The maximum Gasteiger partial charge on any atom is 0.416 e. The number of aromatic nitrogens is 2. The van der Waals surface area contributed by atoms with E-state index in [0.29, 0.717) is 0 Å². The molecule has 0 fully saturated rings. The summed E-state index contributed by atoms with van der Waals surface area (Å²) in [5.74, 6) is -2.40. The molecule has 0 saturated heterocycles. The minimum Gasteiger partial charge on any atom is -0.348 e. The van der Waals surface area contributed by atoms with Crippen molar-refractivity contribution in [3.05, 3.63) is 77.1 Å². The van der Waals surface area contributed by atoms with Gasteiger partial charge in [0.15, 0.2) is 9.84 Å². The van der Waals surface area contributed by atoms with Gasteiger partial charge in [-0.15, -0.1) is 0 Å². The lowest BCUT2D eigenvalue weighted by atomic mass is 10.1. The van der Waals surface area contributed by atoms with Crippen LogP contribution in [0.4, 0.5) is 13.2 Å². The SMILES string of the molecule is Cc1nn(-c2cccc(C(F)(F)F)c2)c(C)c1C(=O)C(=O)NCCS(=O)(=O)c1ccccc1. The lowest BCUT2D eigenvalue weighted by Gasteiger charge is -2.10. The fraction of sp³-hybridized carbons (Fsp3) is 0.227. The first kappa shape index (κ1) is 24.2. The van der Waals surface area contributed by atoms with Crippen molar-refractivity contribution in [2.45, 2.75) is 24.9 Å². The largest absolute Gasteiger partial charge is 0.416 e. The van der Waals surface area contributed by atoms with Crippen molar-refractivity contribution in [3.63, 3.8) is 0 Å². The molecule has 1 aromatic heterocycles. The number of hydrogen-bond acceptors (Lipinski definition) is 5. The molecule has 0 saturated carbocycles. The van der Waals surface area contributed by atoms with Crippen LogP contribution in [0.5, 0.6) is 0 Å². The predicted molar refractivity (Wildman–Crippen MR) is 114 cm³/mol. The molecule has 174 valence electrons. The van der Waals surface area contributed by atoms with Crippen LogP contribution in [0, 0.1) is 13.8 Å². The summed E-state index contributed by atoms with van der Waals surface area (Å²) in [5, 5.41) is 6.40. The first-order valence-electron chi connectivity index (χ1n) is 9.76. The Morgan fingerprint density at radius 2 is 1.70 bits per heavy atom. The zero-order valence-electron chi connectivity index (χ0n) is 17.7. The summed E-state index contributed by atoms with van der Waals surface area (Å²) in [6, 6.07) is 12.1. The van der Waals surface area contributed by atoms with Crippen molar-refractivity contribution >= 4 is 21.5 Å². The number of hydrogen-bond donors (Lipinski definition) is 1. The molecule has 2 aromatic carbocycles.